The predicted octanol–water partition coefficient (Wildman–Crippen LogP) is 2.09. The number of rotatable bonds is 2. The highest BCUT2D eigenvalue weighted by atomic mass is 15.0. The Kier molecular flexibility index (Phi) is 1.98. The third-order valence-corrected chi connectivity index (χ3v) is 2.34. The molecule has 2 rings (SSSR count). The van der Waals surface area contributed by atoms with E-state index in [4.69, 9.17) is 0 Å². The molecule has 0 N–H and O–H groups in total. The lowest BCUT2D eigenvalue weighted by Gasteiger charge is -2.04. The maximum Gasteiger partial charge on any atom is 0.0620 e. The molecule has 0 radical (unpaired) electrons. The third kappa shape index (κ3) is 1.17. The second-order valence-electron chi connectivity index (χ2n) is 3.11. The first kappa shape index (κ1) is 7.59. The lowest BCUT2D eigenvalue weighted by Crippen LogP contribution is -2.05. The van der Waals surface area contributed by atoms with E-state index in [0.29, 0.717) is 0 Å². The Bertz CT molecular complexity index is 297. The van der Waals surface area contributed by atoms with Crippen LogP contribution in [0.25, 0.3) is 0 Å². The highest BCUT2D eigenvalue weighted by Crippen LogP contribution is 2.13. The van der Waals surface area contributed by atoms with Crippen LogP contribution in [0.4, 0.5) is 0 Å². The van der Waals surface area contributed by atoms with Crippen LogP contribution in [-0.2, 0) is 6.54 Å². The first-order valence-corrected chi connectivity index (χ1v) is 4.60. The Morgan fingerprint density at radius 1 is 1.58 bits per heavy atom. The Morgan fingerprint density at radius 3 is 3.17 bits per heavy atom. The van der Waals surface area contributed by atoms with Gasteiger partial charge in [-0.05, 0) is 31.9 Å². The summed E-state index contributed by atoms with van der Waals surface area (Å²) in [5.41, 5.74) is 2.61. The van der Waals surface area contributed by atoms with Crippen LogP contribution in [0.5, 0.6) is 0 Å². The van der Waals surface area contributed by atoms with Crippen molar-refractivity contribution in [2.75, 3.05) is 6.54 Å². The van der Waals surface area contributed by atoms with Crippen LogP contribution in [0.1, 0.15) is 25.5 Å². The minimum atomic E-state index is 1.02. The van der Waals surface area contributed by atoms with Gasteiger partial charge in [0.15, 0.2) is 0 Å². The molecule has 2 heteroatoms. The van der Waals surface area contributed by atoms with Crippen molar-refractivity contribution in [2.45, 2.75) is 26.3 Å². The van der Waals surface area contributed by atoms with Crippen molar-refractivity contribution < 1.29 is 0 Å². The van der Waals surface area contributed by atoms with Gasteiger partial charge in [-0.25, -0.2) is 0 Å². The first-order valence-electron chi connectivity index (χ1n) is 4.60. The zero-order valence-electron chi connectivity index (χ0n) is 7.45. The molecule has 0 aromatic carbocycles. The Balaban J connectivity index is 2.32. The van der Waals surface area contributed by atoms with E-state index in [-0.39, 0.29) is 0 Å². The zero-order chi connectivity index (χ0) is 8.39. The molecule has 64 valence electrons. The molecule has 2 nitrogen and oxygen atoms in total. The average molecular weight is 162 g/mol. The molecule has 0 amide bonds. The number of nitrogens with zero attached hydrogens (tertiary/aromatic N) is 2. The largest absolute Gasteiger partial charge is 0.347 e. The Hall–Kier alpha value is -1.05. The molecule has 0 saturated heterocycles. The van der Waals surface area contributed by atoms with E-state index in [1.165, 1.54) is 17.8 Å². The molecular weight excluding hydrogens is 148 g/mol. The van der Waals surface area contributed by atoms with Gasteiger partial charge in [-0.2, -0.15) is 0 Å². The van der Waals surface area contributed by atoms with Crippen LogP contribution in [0.3, 0.4) is 0 Å². The summed E-state index contributed by atoms with van der Waals surface area (Å²) in [5, 5.41) is 0. The van der Waals surface area contributed by atoms with Gasteiger partial charge in [0.2, 0.25) is 0 Å². The number of aromatic nitrogens is 1. The smallest absolute Gasteiger partial charge is 0.0620 e. The van der Waals surface area contributed by atoms with Crippen LogP contribution >= 0.6 is 0 Å². The molecule has 1 aliphatic rings. The summed E-state index contributed by atoms with van der Waals surface area (Å²) < 4.78 is 2.25. The summed E-state index contributed by atoms with van der Waals surface area (Å²) in [5.74, 6) is 0. The molecular formula is C10H14N2. The fourth-order valence-electron chi connectivity index (χ4n) is 1.70. The molecule has 0 fully saturated rings. The van der Waals surface area contributed by atoms with Gasteiger partial charge in [0.25, 0.3) is 0 Å². The van der Waals surface area contributed by atoms with E-state index in [2.05, 4.69) is 34.8 Å². The van der Waals surface area contributed by atoms with Crippen LogP contribution in [-0.4, -0.2) is 16.8 Å². The van der Waals surface area contributed by atoms with E-state index < -0.39 is 0 Å². The Morgan fingerprint density at radius 2 is 2.50 bits per heavy atom. The van der Waals surface area contributed by atoms with Gasteiger partial charge in [-0.1, -0.05) is 0 Å². The summed E-state index contributed by atoms with van der Waals surface area (Å²) in [7, 11) is 0. The van der Waals surface area contributed by atoms with E-state index in [0.717, 1.165) is 19.5 Å². The average Bonchev–Trinajstić information content (AvgIpc) is 2.74. The maximum atomic E-state index is 4.48. The third-order valence-electron chi connectivity index (χ3n) is 2.34. The van der Waals surface area contributed by atoms with Crippen molar-refractivity contribution >= 4 is 5.71 Å². The molecule has 0 saturated carbocycles. The van der Waals surface area contributed by atoms with Gasteiger partial charge in [0.1, 0.15) is 0 Å². The predicted molar refractivity (Wildman–Crippen MR) is 50.7 cm³/mol. The van der Waals surface area contributed by atoms with Gasteiger partial charge in [-0.3, -0.25) is 4.99 Å². The quantitative estimate of drug-likeness (QED) is 0.633. The molecule has 1 aliphatic heterocycles. The van der Waals surface area contributed by atoms with Crippen LogP contribution in [0, 0.1) is 0 Å². The molecule has 12 heavy (non-hydrogen) atoms. The first-order chi connectivity index (χ1) is 5.92. The Labute approximate surface area is 72.9 Å². The maximum absolute atomic E-state index is 4.48. The van der Waals surface area contributed by atoms with Crippen molar-refractivity contribution in [1.82, 2.24) is 4.57 Å². The molecule has 2 heterocycles. The van der Waals surface area contributed by atoms with Crippen molar-refractivity contribution in [3.05, 3.63) is 24.0 Å². The normalized spacial score (nSPS) is 16.6. The highest BCUT2D eigenvalue weighted by molar-refractivity contribution is 6.00. The summed E-state index contributed by atoms with van der Waals surface area (Å²) in [6.45, 7) is 4.23. The molecule has 0 aliphatic carbocycles. The summed E-state index contributed by atoms with van der Waals surface area (Å²) >= 11 is 0. The molecule has 0 bridgehead atoms. The lowest BCUT2D eigenvalue weighted by atomic mass is 10.2. The van der Waals surface area contributed by atoms with Crippen molar-refractivity contribution in [1.29, 1.82) is 0 Å². The van der Waals surface area contributed by atoms with E-state index >= 15 is 0 Å². The van der Waals surface area contributed by atoms with Gasteiger partial charge in [-0.15, -0.1) is 0 Å². The minimum Gasteiger partial charge on any atom is -0.347 e. The van der Waals surface area contributed by atoms with Gasteiger partial charge < -0.3 is 4.57 Å². The van der Waals surface area contributed by atoms with Crippen LogP contribution in [0.2, 0.25) is 0 Å². The van der Waals surface area contributed by atoms with E-state index in [1.54, 1.807) is 0 Å². The lowest BCUT2D eigenvalue weighted by molar-refractivity contribution is 0.760. The van der Waals surface area contributed by atoms with E-state index in [9.17, 15) is 0 Å². The fourth-order valence-corrected chi connectivity index (χ4v) is 1.70. The second-order valence-corrected chi connectivity index (χ2v) is 3.11. The highest BCUT2D eigenvalue weighted by Gasteiger charge is 2.11. The second kappa shape index (κ2) is 3.13. The number of aryl methyl sites for hydroxylation is 1. The standard InChI is InChI=1S/C10H14N2/c1-2-12-8-4-6-10(12)9-5-3-7-11-9/h4,6,8H,2-3,5,7H2,1H3. The van der Waals surface area contributed by atoms with Gasteiger partial charge in [0, 0.05) is 19.3 Å². The minimum absolute atomic E-state index is 1.02. The van der Waals surface area contributed by atoms with Crippen LogP contribution in [0.15, 0.2) is 23.3 Å². The summed E-state index contributed by atoms with van der Waals surface area (Å²) in [6.07, 6.45) is 4.50. The molecule has 0 unspecified atom stereocenters. The number of aliphatic imine (C=N–C) groups is 1. The van der Waals surface area contributed by atoms with Gasteiger partial charge in [0.05, 0.1) is 11.4 Å². The topological polar surface area (TPSA) is 17.3 Å². The summed E-state index contributed by atoms with van der Waals surface area (Å²) in [6, 6.07) is 4.26. The monoisotopic (exact) mass is 162 g/mol. The molecule has 1 aromatic heterocycles. The SMILES string of the molecule is CCn1cccc1C1=NCCC1. The number of hydrogen-bond acceptors (Lipinski definition) is 1. The number of hydrogen-bond donors (Lipinski definition) is 0. The zero-order valence-corrected chi connectivity index (χ0v) is 7.45. The van der Waals surface area contributed by atoms with Crippen molar-refractivity contribution in [3.8, 4) is 0 Å². The fraction of sp³-hybridized carbons (Fsp3) is 0.500. The van der Waals surface area contributed by atoms with Crippen LogP contribution < -0.4 is 0 Å². The van der Waals surface area contributed by atoms with Crippen molar-refractivity contribution in [3.63, 3.8) is 0 Å². The molecule has 0 atom stereocenters. The van der Waals surface area contributed by atoms with Gasteiger partial charge >= 0.3 is 0 Å². The van der Waals surface area contributed by atoms with Crippen molar-refractivity contribution in [2.24, 2.45) is 4.99 Å². The molecule has 1 aromatic rings. The van der Waals surface area contributed by atoms with E-state index in [1.807, 2.05) is 0 Å². The molecule has 0 spiro atoms. The summed E-state index contributed by atoms with van der Waals surface area (Å²) in [4.78, 5) is 4.48.